The van der Waals surface area contributed by atoms with Gasteiger partial charge in [-0.25, -0.2) is 4.98 Å². The maximum Gasteiger partial charge on any atom is 0.264 e. The molecule has 0 saturated carbocycles. The van der Waals surface area contributed by atoms with Gasteiger partial charge in [0.25, 0.3) is 11.5 Å². The number of carbonyl (C=O) groups excluding carboxylic acids is 1. The van der Waals surface area contributed by atoms with Crippen LogP contribution in [0.5, 0.6) is 5.75 Å². The predicted molar refractivity (Wildman–Crippen MR) is 79.2 cm³/mol. The standard InChI is InChI=1S/C15H17N3O3/c1-2-3-8-21-12-7-5-4-6-10(12)14-17-9-11(13(16)19)15(20)18-14/h4-7,9H,2-3,8H2,1H3,(H2,16,19)(H,17,18,20). The van der Waals surface area contributed by atoms with Crippen LogP contribution in [0.1, 0.15) is 30.1 Å². The SMILES string of the molecule is CCCCOc1ccccc1-c1ncc(C(N)=O)c(=O)[nH]1. The van der Waals surface area contributed by atoms with Crippen LogP contribution in [-0.2, 0) is 0 Å². The topological polar surface area (TPSA) is 98.1 Å². The zero-order valence-corrected chi connectivity index (χ0v) is 11.8. The van der Waals surface area contributed by atoms with Gasteiger partial charge in [0.1, 0.15) is 17.1 Å². The summed E-state index contributed by atoms with van der Waals surface area (Å²) in [7, 11) is 0. The molecular formula is C15H17N3O3. The summed E-state index contributed by atoms with van der Waals surface area (Å²) in [5.41, 5.74) is 5.04. The number of nitrogens with zero attached hydrogens (tertiary/aromatic N) is 1. The average Bonchev–Trinajstić information content (AvgIpc) is 2.47. The Kier molecular flexibility index (Phi) is 4.71. The molecular weight excluding hydrogens is 270 g/mol. The first kappa shape index (κ1) is 14.8. The molecule has 1 heterocycles. The molecule has 0 aliphatic rings. The number of hydrogen-bond acceptors (Lipinski definition) is 4. The smallest absolute Gasteiger partial charge is 0.264 e. The average molecular weight is 287 g/mol. The van der Waals surface area contributed by atoms with E-state index in [1.54, 1.807) is 6.07 Å². The third kappa shape index (κ3) is 3.47. The Morgan fingerprint density at radius 3 is 2.81 bits per heavy atom. The van der Waals surface area contributed by atoms with Crippen LogP contribution in [0.4, 0.5) is 0 Å². The van der Waals surface area contributed by atoms with Crippen molar-refractivity contribution in [3.8, 4) is 17.1 Å². The van der Waals surface area contributed by atoms with Crippen molar-refractivity contribution in [3.63, 3.8) is 0 Å². The Balaban J connectivity index is 2.36. The summed E-state index contributed by atoms with van der Waals surface area (Å²) in [5, 5.41) is 0. The summed E-state index contributed by atoms with van der Waals surface area (Å²) in [6.45, 7) is 2.67. The van der Waals surface area contributed by atoms with Crippen LogP contribution in [0.2, 0.25) is 0 Å². The van der Waals surface area contributed by atoms with E-state index in [1.807, 2.05) is 18.2 Å². The second-order valence-corrected chi connectivity index (χ2v) is 4.54. The number of amides is 1. The van der Waals surface area contributed by atoms with E-state index in [4.69, 9.17) is 10.5 Å². The Morgan fingerprint density at radius 1 is 1.38 bits per heavy atom. The molecule has 0 aliphatic carbocycles. The highest BCUT2D eigenvalue weighted by atomic mass is 16.5. The van der Waals surface area contributed by atoms with Crippen LogP contribution < -0.4 is 16.0 Å². The van der Waals surface area contributed by atoms with Crippen LogP contribution in [0.3, 0.4) is 0 Å². The Bertz CT molecular complexity index is 695. The van der Waals surface area contributed by atoms with Gasteiger partial charge in [0.2, 0.25) is 0 Å². The monoisotopic (exact) mass is 287 g/mol. The molecule has 1 amide bonds. The first-order valence-electron chi connectivity index (χ1n) is 6.74. The predicted octanol–water partition coefficient (Wildman–Crippen LogP) is 1.71. The quantitative estimate of drug-likeness (QED) is 0.790. The van der Waals surface area contributed by atoms with E-state index in [0.717, 1.165) is 12.8 Å². The van der Waals surface area contributed by atoms with Crippen LogP contribution in [0.15, 0.2) is 35.3 Å². The molecule has 110 valence electrons. The highest BCUT2D eigenvalue weighted by Gasteiger charge is 2.12. The first-order chi connectivity index (χ1) is 10.1. The summed E-state index contributed by atoms with van der Waals surface area (Å²) in [5.74, 6) is 0.181. The lowest BCUT2D eigenvalue weighted by Gasteiger charge is -2.10. The maximum absolute atomic E-state index is 11.8. The number of rotatable bonds is 6. The Labute approximate surface area is 122 Å². The van der Waals surface area contributed by atoms with Gasteiger partial charge in [0, 0.05) is 6.20 Å². The number of unbranched alkanes of at least 4 members (excludes halogenated alkanes) is 1. The maximum atomic E-state index is 11.8. The molecule has 1 aromatic carbocycles. The van der Waals surface area contributed by atoms with Crippen molar-refractivity contribution in [1.82, 2.24) is 9.97 Å². The third-order valence-electron chi connectivity index (χ3n) is 2.96. The first-order valence-corrected chi connectivity index (χ1v) is 6.74. The molecule has 0 saturated heterocycles. The normalized spacial score (nSPS) is 10.3. The highest BCUT2D eigenvalue weighted by molar-refractivity contribution is 5.92. The zero-order chi connectivity index (χ0) is 15.2. The van der Waals surface area contributed by atoms with Gasteiger partial charge >= 0.3 is 0 Å². The molecule has 0 bridgehead atoms. The summed E-state index contributed by atoms with van der Waals surface area (Å²) < 4.78 is 5.70. The summed E-state index contributed by atoms with van der Waals surface area (Å²) >= 11 is 0. The fourth-order valence-electron chi connectivity index (χ4n) is 1.82. The van der Waals surface area contributed by atoms with Gasteiger partial charge in [0.15, 0.2) is 0 Å². The van der Waals surface area contributed by atoms with Crippen molar-refractivity contribution < 1.29 is 9.53 Å². The number of nitrogens with one attached hydrogen (secondary N) is 1. The molecule has 0 unspecified atom stereocenters. The largest absolute Gasteiger partial charge is 0.493 e. The lowest BCUT2D eigenvalue weighted by molar-refractivity contribution is 0.0998. The highest BCUT2D eigenvalue weighted by Crippen LogP contribution is 2.26. The van der Waals surface area contributed by atoms with Gasteiger partial charge in [0.05, 0.1) is 12.2 Å². The second kappa shape index (κ2) is 6.69. The second-order valence-electron chi connectivity index (χ2n) is 4.54. The number of nitrogens with two attached hydrogens (primary N) is 1. The minimum atomic E-state index is -0.803. The molecule has 3 N–H and O–H groups in total. The molecule has 0 aliphatic heterocycles. The summed E-state index contributed by atoms with van der Waals surface area (Å²) in [6.07, 6.45) is 3.16. The molecule has 6 nitrogen and oxygen atoms in total. The van der Waals surface area contributed by atoms with E-state index >= 15 is 0 Å². The van der Waals surface area contributed by atoms with Crippen molar-refractivity contribution in [2.75, 3.05) is 6.61 Å². The van der Waals surface area contributed by atoms with Crippen molar-refractivity contribution in [2.45, 2.75) is 19.8 Å². The van der Waals surface area contributed by atoms with Gasteiger partial charge < -0.3 is 15.5 Å². The van der Waals surface area contributed by atoms with E-state index in [1.165, 1.54) is 6.20 Å². The molecule has 0 spiro atoms. The van der Waals surface area contributed by atoms with E-state index in [2.05, 4.69) is 16.9 Å². The molecule has 0 atom stereocenters. The number of carbonyl (C=O) groups is 1. The van der Waals surface area contributed by atoms with E-state index < -0.39 is 11.5 Å². The van der Waals surface area contributed by atoms with Crippen LogP contribution in [-0.4, -0.2) is 22.5 Å². The summed E-state index contributed by atoms with van der Waals surface area (Å²) in [6, 6.07) is 7.28. The molecule has 21 heavy (non-hydrogen) atoms. The Hall–Kier alpha value is -2.63. The number of aromatic nitrogens is 2. The van der Waals surface area contributed by atoms with Crippen molar-refractivity contribution in [1.29, 1.82) is 0 Å². The summed E-state index contributed by atoms with van der Waals surface area (Å²) in [4.78, 5) is 29.5. The van der Waals surface area contributed by atoms with Crippen LogP contribution in [0, 0.1) is 0 Å². The van der Waals surface area contributed by atoms with Gasteiger partial charge in [-0.3, -0.25) is 9.59 Å². The molecule has 2 rings (SSSR count). The molecule has 6 heteroatoms. The lowest BCUT2D eigenvalue weighted by Crippen LogP contribution is -2.24. The number of benzene rings is 1. The number of ether oxygens (including phenoxy) is 1. The van der Waals surface area contributed by atoms with Crippen LogP contribution >= 0.6 is 0 Å². The number of aromatic amines is 1. The molecule has 2 aromatic rings. The van der Waals surface area contributed by atoms with E-state index in [0.29, 0.717) is 23.7 Å². The minimum Gasteiger partial charge on any atom is -0.493 e. The molecule has 1 aromatic heterocycles. The van der Waals surface area contributed by atoms with Crippen molar-refractivity contribution in [3.05, 3.63) is 46.4 Å². The Morgan fingerprint density at radius 2 is 2.14 bits per heavy atom. The fraction of sp³-hybridized carbons (Fsp3) is 0.267. The number of H-pyrrole nitrogens is 1. The van der Waals surface area contributed by atoms with Crippen LogP contribution in [0.25, 0.3) is 11.4 Å². The van der Waals surface area contributed by atoms with Gasteiger partial charge in [-0.2, -0.15) is 0 Å². The van der Waals surface area contributed by atoms with Crippen molar-refractivity contribution >= 4 is 5.91 Å². The number of hydrogen-bond donors (Lipinski definition) is 2. The van der Waals surface area contributed by atoms with Crippen molar-refractivity contribution in [2.24, 2.45) is 5.73 Å². The van der Waals surface area contributed by atoms with Gasteiger partial charge in [-0.15, -0.1) is 0 Å². The molecule has 0 fully saturated rings. The zero-order valence-electron chi connectivity index (χ0n) is 11.8. The third-order valence-corrected chi connectivity index (χ3v) is 2.96. The number of para-hydroxylation sites is 1. The van der Waals surface area contributed by atoms with E-state index in [9.17, 15) is 9.59 Å². The van der Waals surface area contributed by atoms with Gasteiger partial charge in [-0.1, -0.05) is 25.5 Å². The van der Waals surface area contributed by atoms with Gasteiger partial charge in [-0.05, 0) is 18.6 Å². The lowest BCUT2D eigenvalue weighted by atomic mass is 10.2. The minimum absolute atomic E-state index is 0.164. The molecule has 0 radical (unpaired) electrons. The number of primary amides is 1. The fourth-order valence-corrected chi connectivity index (χ4v) is 1.82. The van der Waals surface area contributed by atoms with E-state index in [-0.39, 0.29) is 5.56 Å².